The van der Waals surface area contributed by atoms with E-state index < -0.39 is 5.60 Å². The van der Waals surface area contributed by atoms with Crippen LogP contribution in [0.3, 0.4) is 0 Å². The molecule has 0 aromatic heterocycles. The van der Waals surface area contributed by atoms with E-state index in [0.717, 1.165) is 54.1 Å². The number of methoxy groups -OCH3 is 2. The van der Waals surface area contributed by atoms with E-state index in [-0.39, 0.29) is 12.4 Å². The second kappa shape index (κ2) is 15.2. The first-order chi connectivity index (χ1) is 19.5. The zero-order valence-corrected chi connectivity index (χ0v) is 24.2. The molecule has 0 aliphatic carbocycles. The van der Waals surface area contributed by atoms with Gasteiger partial charge in [-0.3, -0.25) is 0 Å². The molecule has 2 atom stereocenters. The summed E-state index contributed by atoms with van der Waals surface area (Å²) in [6, 6.07) is 26.5. The largest absolute Gasteiger partial charge is 0.497 e. The average molecular weight is 550 g/mol. The summed E-state index contributed by atoms with van der Waals surface area (Å²) in [4.78, 5) is 2.12. The van der Waals surface area contributed by atoms with Crippen LogP contribution >= 0.6 is 0 Å². The molecule has 1 heterocycles. The zero-order valence-electron chi connectivity index (χ0n) is 24.2. The van der Waals surface area contributed by atoms with Gasteiger partial charge in [0.2, 0.25) is 0 Å². The molecule has 40 heavy (non-hydrogen) atoms. The molecule has 0 radical (unpaired) electrons. The van der Waals surface area contributed by atoms with Gasteiger partial charge in [0.05, 0.1) is 40.1 Å². The van der Waals surface area contributed by atoms with Crippen LogP contribution in [0.25, 0.3) is 0 Å². The molecule has 216 valence electrons. The molecular formula is C33H43NO6. The summed E-state index contributed by atoms with van der Waals surface area (Å²) in [5.74, 6) is 1.58. The smallest absolute Gasteiger partial charge is 0.157 e. The van der Waals surface area contributed by atoms with Gasteiger partial charge in [-0.05, 0) is 74.3 Å². The van der Waals surface area contributed by atoms with Crippen LogP contribution in [0.4, 0.5) is 0 Å². The normalized spacial score (nSPS) is 16.6. The van der Waals surface area contributed by atoms with Crippen LogP contribution in [-0.2, 0) is 24.5 Å². The summed E-state index contributed by atoms with van der Waals surface area (Å²) in [5, 5.41) is 0. The highest BCUT2D eigenvalue weighted by atomic mass is 16.7. The molecule has 7 heteroatoms. The number of benzene rings is 3. The Balaban J connectivity index is 1.62. The van der Waals surface area contributed by atoms with Crippen LogP contribution in [0, 0.1) is 0 Å². The molecule has 2 unspecified atom stereocenters. The number of hydrogen-bond donors (Lipinski definition) is 0. The molecule has 1 aliphatic heterocycles. The minimum absolute atomic E-state index is 0.128. The topological polar surface area (TPSA) is 58.6 Å². The first-order valence-electron chi connectivity index (χ1n) is 14.0. The first kappa shape index (κ1) is 30.0. The summed E-state index contributed by atoms with van der Waals surface area (Å²) in [5.41, 5.74) is 2.11. The minimum Gasteiger partial charge on any atom is -0.497 e. The van der Waals surface area contributed by atoms with Crippen molar-refractivity contribution in [3.05, 3.63) is 95.6 Å². The molecule has 0 amide bonds. The van der Waals surface area contributed by atoms with Crippen molar-refractivity contribution in [1.82, 2.24) is 4.90 Å². The Bertz CT molecular complexity index is 1070. The van der Waals surface area contributed by atoms with Gasteiger partial charge < -0.3 is 33.3 Å². The van der Waals surface area contributed by atoms with Crippen LogP contribution < -0.4 is 9.47 Å². The summed E-state index contributed by atoms with van der Waals surface area (Å²) in [6.07, 6.45) is 2.88. The van der Waals surface area contributed by atoms with Crippen molar-refractivity contribution in [1.29, 1.82) is 0 Å². The highest BCUT2D eigenvalue weighted by Gasteiger charge is 2.38. The summed E-state index contributed by atoms with van der Waals surface area (Å²) in [6.45, 7) is 2.78. The molecule has 0 saturated carbocycles. The molecule has 7 nitrogen and oxygen atoms in total. The van der Waals surface area contributed by atoms with Gasteiger partial charge in [0.15, 0.2) is 6.29 Å². The molecule has 1 saturated heterocycles. The summed E-state index contributed by atoms with van der Waals surface area (Å²) in [7, 11) is 7.43. The lowest BCUT2D eigenvalue weighted by Crippen LogP contribution is -2.40. The van der Waals surface area contributed by atoms with Crippen molar-refractivity contribution >= 4 is 0 Å². The number of rotatable bonds is 15. The molecule has 1 fully saturated rings. The first-order valence-corrected chi connectivity index (χ1v) is 14.0. The summed E-state index contributed by atoms with van der Waals surface area (Å²) < 4.78 is 35.9. The van der Waals surface area contributed by atoms with Crippen LogP contribution in [0.5, 0.6) is 11.5 Å². The van der Waals surface area contributed by atoms with Gasteiger partial charge in [-0.25, -0.2) is 0 Å². The Kier molecular flexibility index (Phi) is 11.4. The van der Waals surface area contributed by atoms with Crippen molar-refractivity contribution < 1.29 is 28.4 Å². The SMILES string of the molecule is COc1ccc(C(OCC(CN(C)C)OCCOC2CCCCO2)(c2ccccc2)c2ccc(OC)cc2)cc1. The second-order valence-electron chi connectivity index (χ2n) is 10.2. The van der Waals surface area contributed by atoms with E-state index in [1.807, 2.05) is 56.6 Å². The maximum Gasteiger partial charge on any atom is 0.157 e. The standard InChI is InChI=1S/C33H43NO6/c1-34(2)24-31(37-22-23-39-32-12-8-9-21-38-32)25-40-33(26-10-6-5-7-11-26,27-13-17-29(35-3)18-14-27)28-15-19-30(36-4)20-16-28/h5-7,10-11,13-20,31-32H,8-9,12,21-25H2,1-4H3. The van der Waals surface area contributed by atoms with Gasteiger partial charge in [0.1, 0.15) is 17.1 Å². The Morgan fingerprint density at radius 1 is 0.800 bits per heavy atom. The van der Waals surface area contributed by atoms with Crippen LogP contribution in [0.15, 0.2) is 78.9 Å². The van der Waals surface area contributed by atoms with Gasteiger partial charge in [0.25, 0.3) is 0 Å². The lowest BCUT2D eigenvalue weighted by molar-refractivity contribution is -0.174. The van der Waals surface area contributed by atoms with Crippen molar-refractivity contribution in [3.63, 3.8) is 0 Å². The molecule has 0 bridgehead atoms. The quantitative estimate of drug-likeness (QED) is 0.183. The molecule has 3 aromatic rings. The second-order valence-corrected chi connectivity index (χ2v) is 10.2. The van der Waals surface area contributed by atoms with E-state index >= 15 is 0 Å². The highest BCUT2D eigenvalue weighted by Crippen LogP contribution is 2.41. The van der Waals surface area contributed by atoms with Crippen LogP contribution in [0.2, 0.25) is 0 Å². The third-order valence-corrected chi connectivity index (χ3v) is 7.11. The van der Waals surface area contributed by atoms with Crippen molar-refractivity contribution in [2.75, 3.05) is 61.3 Å². The monoisotopic (exact) mass is 549 g/mol. The lowest BCUT2D eigenvalue weighted by atomic mass is 9.80. The number of nitrogens with zero attached hydrogens (tertiary/aromatic N) is 1. The number of hydrogen-bond acceptors (Lipinski definition) is 7. The molecule has 3 aromatic carbocycles. The molecule has 1 aliphatic rings. The number of likely N-dealkylation sites (N-methyl/N-ethyl adjacent to an activating group) is 1. The Hall–Kier alpha value is -2.94. The third-order valence-electron chi connectivity index (χ3n) is 7.11. The maximum atomic E-state index is 7.05. The molecule has 0 spiro atoms. The predicted molar refractivity (Wildman–Crippen MR) is 156 cm³/mol. The van der Waals surface area contributed by atoms with Gasteiger partial charge in [-0.2, -0.15) is 0 Å². The Morgan fingerprint density at radius 3 is 1.93 bits per heavy atom. The fourth-order valence-corrected chi connectivity index (χ4v) is 5.09. The van der Waals surface area contributed by atoms with E-state index in [9.17, 15) is 0 Å². The number of ether oxygens (including phenoxy) is 6. The van der Waals surface area contributed by atoms with Crippen molar-refractivity contribution in [3.8, 4) is 11.5 Å². The van der Waals surface area contributed by atoms with Crippen LogP contribution in [-0.4, -0.2) is 78.6 Å². The van der Waals surface area contributed by atoms with Crippen molar-refractivity contribution in [2.24, 2.45) is 0 Å². The third kappa shape index (κ3) is 7.83. The fourth-order valence-electron chi connectivity index (χ4n) is 5.09. The van der Waals surface area contributed by atoms with E-state index in [2.05, 4.69) is 41.3 Å². The van der Waals surface area contributed by atoms with E-state index in [1.54, 1.807) is 14.2 Å². The van der Waals surface area contributed by atoms with Gasteiger partial charge in [-0.15, -0.1) is 0 Å². The zero-order chi connectivity index (χ0) is 28.2. The molecular weight excluding hydrogens is 506 g/mol. The lowest BCUT2D eigenvalue weighted by Gasteiger charge is -2.37. The van der Waals surface area contributed by atoms with Crippen molar-refractivity contribution in [2.45, 2.75) is 37.3 Å². The van der Waals surface area contributed by atoms with E-state index in [1.165, 1.54) is 0 Å². The van der Waals surface area contributed by atoms with Gasteiger partial charge in [0, 0.05) is 13.2 Å². The van der Waals surface area contributed by atoms with Gasteiger partial charge >= 0.3 is 0 Å². The molecule has 0 N–H and O–H groups in total. The maximum absolute atomic E-state index is 7.05. The molecule has 4 rings (SSSR count). The van der Waals surface area contributed by atoms with E-state index in [4.69, 9.17) is 28.4 Å². The summed E-state index contributed by atoms with van der Waals surface area (Å²) >= 11 is 0. The van der Waals surface area contributed by atoms with E-state index in [0.29, 0.717) is 26.4 Å². The highest BCUT2D eigenvalue weighted by molar-refractivity contribution is 5.49. The van der Waals surface area contributed by atoms with Crippen LogP contribution in [0.1, 0.15) is 36.0 Å². The van der Waals surface area contributed by atoms with Gasteiger partial charge in [-0.1, -0.05) is 54.6 Å². The minimum atomic E-state index is -0.889. The Morgan fingerprint density at radius 2 is 1.40 bits per heavy atom. The fraction of sp³-hybridized carbons (Fsp3) is 0.455. The predicted octanol–water partition coefficient (Wildman–Crippen LogP) is 5.50. The average Bonchev–Trinajstić information content (AvgIpc) is 3.00. The Labute approximate surface area is 238 Å².